The molecule has 1 atom stereocenters. The second-order valence-electron chi connectivity index (χ2n) is 4.22. The number of halogens is 5. The molecule has 0 radical (unpaired) electrons. The van der Waals surface area contributed by atoms with Gasteiger partial charge in [0, 0.05) is 17.0 Å². The predicted octanol–water partition coefficient (Wildman–Crippen LogP) is 3.71. The molecule has 1 aliphatic rings. The third-order valence-electron chi connectivity index (χ3n) is 2.81. The molecule has 1 unspecified atom stereocenters. The highest BCUT2D eigenvalue weighted by Gasteiger charge is 2.45. The average molecular weight is 326 g/mol. The highest BCUT2D eigenvalue weighted by Crippen LogP contribution is 2.35. The van der Waals surface area contributed by atoms with Gasteiger partial charge in [-0.05, 0) is 12.1 Å². The summed E-state index contributed by atoms with van der Waals surface area (Å²) in [5.74, 6) is -1.68. The number of carbonyl (C=O) groups excluding carboxylic acids is 1. The summed E-state index contributed by atoms with van der Waals surface area (Å²) in [6, 6.07) is 2.02. The van der Waals surface area contributed by atoms with Crippen LogP contribution in [-0.4, -0.2) is 23.2 Å². The van der Waals surface area contributed by atoms with E-state index in [9.17, 15) is 23.1 Å². The van der Waals surface area contributed by atoms with Gasteiger partial charge >= 0.3 is 6.18 Å². The van der Waals surface area contributed by atoms with Crippen molar-refractivity contribution < 1.29 is 23.1 Å². The first-order valence-electron chi connectivity index (χ1n) is 5.45. The van der Waals surface area contributed by atoms with Crippen LogP contribution in [-0.2, 0) is 4.79 Å². The first kappa shape index (κ1) is 15.0. The zero-order valence-corrected chi connectivity index (χ0v) is 11.3. The molecular formula is C12H8Cl2F3NO2. The molecular weight excluding hydrogens is 318 g/mol. The van der Waals surface area contributed by atoms with Gasteiger partial charge in [-0.2, -0.15) is 13.2 Å². The molecule has 0 bridgehead atoms. The Kier molecular flexibility index (Phi) is 3.88. The number of amides is 1. The van der Waals surface area contributed by atoms with Crippen molar-refractivity contribution in [2.24, 2.45) is 0 Å². The van der Waals surface area contributed by atoms with E-state index in [4.69, 9.17) is 23.2 Å². The maximum atomic E-state index is 12.6. The van der Waals surface area contributed by atoms with E-state index in [1.54, 1.807) is 5.32 Å². The van der Waals surface area contributed by atoms with Crippen LogP contribution in [0, 0.1) is 0 Å². The summed E-state index contributed by atoms with van der Waals surface area (Å²) in [5.41, 5.74) is -0.140. The van der Waals surface area contributed by atoms with Crippen molar-refractivity contribution in [1.82, 2.24) is 5.32 Å². The second-order valence-corrected chi connectivity index (χ2v) is 5.06. The van der Waals surface area contributed by atoms with Gasteiger partial charge in [0.15, 0.2) is 0 Å². The van der Waals surface area contributed by atoms with Gasteiger partial charge in [-0.25, -0.2) is 0 Å². The molecule has 0 spiro atoms. The van der Waals surface area contributed by atoms with Crippen molar-refractivity contribution in [2.45, 2.75) is 18.6 Å². The van der Waals surface area contributed by atoms with Crippen molar-refractivity contribution in [1.29, 1.82) is 0 Å². The van der Waals surface area contributed by atoms with Gasteiger partial charge in [0.05, 0.1) is 10.6 Å². The molecule has 0 saturated heterocycles. The van der Waals surface area contributed by atoms with E-state index in [0.717, 1.165) is 0 Å². The van der Waals surface area contributed by atoms with Gasteiger partial charge in [-0.3, -0.25) is 4.79 Å². The molecule has 1 heterocycles. The Bertz CT molecular complexity index is 599. The summed E-state index contributed by atoms with van der Waals surface area (Å²) >= 11 is 11.6. The fraction of sp³-hybridized carbons (Fsp3) is 0.250. The number of hydrogen-bond acceptors (Lipinski definition) is 2. The van der Waals surface area contributed by atoms with Crippen molar-refractivity contribution in [2.75, 3.05) is 0 Å². The van der Waals surface area contributed by atoms with Gasteiger partial charge in [-0.15, -0.1) is 0 Å². The maximum absolute atomic E-state index is 12.6. The molecule has 2 rings (SSSR count). The molecule has 2 N–H and O–H groups in total. The summed E-state index contributed by atoms with van der Waals surface area (Å²) in [7, 11) is 0. The molecule has 0 saturated carbocycles. The van der Waals surface area contributed by atoms with Gasteiger partial charge < -0.3 is 10.4 Å². The van der Waals surface area contributed by atoms with Crippen molar-refractivity contribution in [3.63, 3.8) is 0 Å². The van der Waals surface area contributed by atoms with E-state index >= 15 is 0 Å². The Balaban J connectivity index is 2.44. The molecule has 20 heavy (non-hydrogen) atoms. The summed E-state index contributed by atoms with van der Waals surface area (Å²) in [4.78, 5) is 11.8. The highest BCUT2D eigenvalue weighted by molar-refractivity contribution is 6.37. The summed E-state index contributed by atoms with van der Waals surface area (Å²) in [6.07, 6.45) is -5.36. The summed E-state index contributed by atoms with van der Waals surface area (Å²) in [6.45, 7) is 0. The van der Waals surface area contributed by atoms with Crippen molar-refractivity contribution in [3.05, 3.63) is 39.6 Å². The molecule has 8 heteroatoms. The predicted molar refractivity (Wildman–Crippen MR) is 68.6 cm³/mol. The first-order valence-corrected chi connectivity index (χ1v) is 6.21. The van der Waals surface area contributed by atoms with Gasteiger partial charge in [0.1, 0.15) is 11.8 Å². The van der Waals surface area contributed by atoms with E-state index in [2.05, 4.69) is 0 Å². The molecule has 108 valence electrons. The molecule has 1 aromatic rings. The Morgan fingerprint density at radius 2 is 1.95 bits per heavy atom. The van der Waals surface area contributed by atoms with E-state index in [1.165, 1.54) is 18.2 Å². The number of nitrogens with one attached hydrogen (secondary N) is 1. The van der Waals surface area contributed by atoms with Gasteiger partial charge in [0.25, 0.3) is 5.91 Å². The standard InChI is InChI=1S/C12H8Cl2F3NO2/c13-5-1-2-6(7(14)3-5)10-8(19)4-9(12(15,16)17)18-11(10)20/h1-3,9,19H,4H2,(H,18,20). The van der Waals surface area contributed by atoms with Crippen LogP contribution in [0.3, 0.4) is 0 Å². The molecule has 1 aliphatic heterocycles. The Hall–Kier alpha value is -1.40. The molecule has 1 amide bonds. The molecule has 0 aliphatic carbocycles. The smallest absolute Gasteiger partial charge is 0.409 e. The largest absolute Gasteiger partial charge is 0.511 e. The van der Waals surface area contributed by atoms with Crippen LogP contribution in [0.25, 0.3) is 5.57 Å². The molecule has 0 aromatic heterocycles. The van der Waals surface area contributed by atoms with Crippen LogP contribution in [0.1, 0.15) is 12.0 Å². The molecule has 0 fully saturated rings. The lowest BCUT2D eigenvalue weighted by Crippen LogP contribution is -2.48. The fourth-order valence-corrected chi connectivity index (χ4v) is 2.38. The lowest BCUT2D eigenvalue weighted by molar-refractivity contribution is -0.162. The topological polar surface area (TPSA) is 49.3 Å². The van der Waals surface area contributed by atoms with Gasteiger partial charge in [0.2, 0.25) is 0 Å². The van der Waals surface area contributed by atoms with Crippen LogP contribution in [0.2, 0.25) is 10.0 Å². The third-order valence-corrected chi connectivity index (χ3v) is 3.36. The Morgan fingerprint density at radius 3 is 2.45 bits per heavy atom. The number of hydrogen-bond donors (Lipinski definition) is 2. The van der Waals surface area contributed by atoms with E-state index in [0.29, 0.717) is 5.02 Å². The minimum Gasteiger partial charge on any atom is -0.511 e. The number of carbonyl (C=O) groups is 1. The quantitative estimate of drug-likeness (QED) is 0.826. The lowest BCUT2D eigenvalue weighted by Gasteiger charge is -2.27. The average Bonchev–Trinajstić information content (AvgIpc) is 2.29. The molecule has 1 aromatic carbocycles. The minimum absolute atomic E-state index is 0.0691. The summed E-state index contributed by atoms with van der Waals surface area (Å²) in [5, 5.41) is 11.9. The number of aliphatic hydroxyl groups is 1. The van der Waals surface area contributed by atoms with E-state index < -0.39 is 30.3 Å². The van der Waals surface area contributed by atoms with Crippen LogP contribution in [0.5, 0.6) is 0 Å². The van der Waals surface area contributed by atoms with E-state index in [-0.39, 0.29) is 16.2 Å². The molecule has 3 nitrogen and oxygen atoms in total. The third kappa shape index (κ3) is 2.86. The van der Waals surface area contributed by atoms with Crippen LogP contribution < -0.4 is 5.32 Å². The highest BCUT2D eigenvalue weighted by atomic mass is 35.5. The van der Waals surface area contributed by atoms with Crippen LogP contribution in [0.4, 0.5) is 13.2 Å². The van der Waals surface area contributed by atoms with Gasteiger partial charge in [-0.1, -0.05) is 29.3 Å². The first-order chi connectivity index (χ1) is 9.20. The maximum Gasteiger partial charge on any atom is 0.409 e. The van der Waals surface area contributed by atoms with E-state index in [1.807, 2.05) is 0 Å². The van der Waals surface area contributed by atoms with Crippen LogP contribution in [0.15, 0.2) is 24.0 Å². The Labute approximate surface area is 122 Å². The number of aliphatic hydroxyl groups excluding tert-OH is 1. The van der Waals surface area contributed by atoms with Crippen molar-refractivity contribution >= 4 is 34.7 Å². The summed E-state index contributed by atoms with van der Waals surface area (Å²) < 4.78 is 37.7. The van der Waals surface area contributed by atoms with Crippen molar-refractivity contribution in [3.8, 4) is 0 Å². The van der Waals surface area contributed by atoms with Crippen LogP contribution >= 0.6 is 23.2 Å². The lowest BCUT2D eigenvalue weighted by atomic mass is 9.96. The number of alkyl halides is 3. The zero-order chi connectivity index (χ0) is 15.1. The SMILES string of the molecule is O=C1NC(C(F)(F)F)CC(O)=C1c1ccc(Cl)cc1Cl. The zero-order valence-electron chi connectivity index (χ0n) is 9.76. The minimum atomic E-state index is -4.63. The number of benzene rings is 1. The fourth-order valence-electron chi connectivity index (χ4n) is 1.88. The second kappa shape index (κ2) is 5.18. The monoisotopic (exact) mass is 325 g/mol. The Morgan fingerprint density at radius 1 is 1.30 bits per heavy atom. The normalized spacial score (nSPS) is 20.1. The number of rotatable bonds is 1.